The largest absolute Gasteiger partial charge is 0.384 e. The Kier molecular flexibility index (Phi) is 4.37. The highest BCUT2D eigenvalue weighted by molar-refractivity contribution is 5.99. The lowest BCUT2D eigenvalue weighted by atomic mass is 10.1. The molecule has 0 saturated heterocycles. The summed E-state index contributed by atoms with van der Waals surface area (Å²) in [5.74, 6) is 0.917. The van der Waals surface area contributed by atoms with Crippen molar-refractivity contribution >= 4 is 11.7 Å². The summed E-state index contributed by atoms with van der Waals surface area (Å²) >= 11 is 0. The van der Waals surface area contributed by atoms with Gasteiger partial charge < -0.3 is 15.4 Å². The number of aromatic nitrogens is 1. The fourth-order valence-corrected chi connectivity index (χ4v) is 2.52. The molecule has 0 unspecified atom stereocenters. The Morgan fingerprint density at radius 3 is 2.95 bits per heavy atom. The van der Waals surface area contributed by atoms with Gasteiger partial charge in [0.2, 0.25) is 0 Å². The number of pyridine rings is 1. The van der Waals surface area contributed by atoms with Gasteiger partial charge in [-0.05, 0) is 37.8 Å². The highest BCUT2D eigenvalue weighted by Gasteiger charge is 2.20. The molecule has 2 rings (SSSR count). The van der Waals surface area contributed by atoms with Crippen LogP contribution in [0.15, 0.2) is 6.07 Å². The van der Waals surface area contributed by atoms with E-state index in [0.29, 0.717) is 6.61 Å². The number of nitrogens with one attached hydrogen (secondary N) is 1. The van der Waals surface area contributed by atoms with E-state index in [-0.39, 0.29) is 5.84 Å². The zero-order valence-corrected chi connectivity index (χ0v) is 11.7. The first-order valence-corrected chi connectivity index (χ1v) is 6.78. The van der Waals surface area contributed by atoms with Crippen LogP contribution in [0.5, 0.6) is 0 Å². The van der Waals surface area contributed by atoms with Crippen LogP contribution in [0.25, 0.3) is 0 Å². The van der Waals surface area contributed by atoms with Gasteiger partial charge in [-0.1, -0.05) is 0 Å². The van der Waals surface area contributed by atoms with Gasteiger partial charge in [0.1, 0.15) is 11.7 Å². The van der Waals surface area contributed by atoms with E-state index in [1.165, 1.54) is 5.56 Å². The molecule has 0 radical (unpaired) electrons. The van der Waals surface area contributed by atoms with Crippen molar-refractivity contribution in [2.45, 2.75) is 26.2 Å². The lowest BCUT2D eigenvalue weighted by Crippen LogP contribution is -2.31. The highest BCUT2D eigenvalue weighted by Crippen LogP contribution is 2.27. The average molecular weight is 262 g/mol. The zero-order chi connectivity index (χ0) is 13.8. The summed E-state index contributed by atoms with van der Waals surface area (Å²) in [4.78, 5) is 6.87. The van der Waals surface area contributed by atoms with E-state index in [0.717, 1.165) is 49.4 Å². The Morgan fingerprint density at radius 2 is 2.32 bits per heavy atom. The molecular formula is C14H22N4O. The Bertz CT molecular complexity index is 473. The van der Waals surface area contributed by atoms with Crippen LogP contribution < -0.4 is 10.6 Å². The fraction of sp³-hybridized carbons (Fsp3) is 0.571. The summed E-state index contributed by atoms with van der Waals surface area (Å²) in [7, 11) is 1.69. The molecule has 5 heteroatoms. The topological polar surface area (TPSA) is 75.2 Å². The van der Waals surface area contributed by atoms with Gasteiger partial charge >= 0.3 is 0 Å². The van der Waals surface area contributed by atoms with Crippen molar-refractivity contribution in [2.75, 3.05) is 31.7 Å². The third kappa shape index (κ3) is 2.87. The van der Waals surface area contributed by atoms with Crippen molar-refractivity contribution in [3.8, 4) is 0 Å². The molecule has 3 N–H and O–H groups in total. The second-order valence-corrected chi connectivity index (χ2v) is 4.81. The minimum absolute atomic E-state index is 0.0908. The average Bonchev–Trinajstić information content (AvgIpc) is 2.85. The zero-order valence-electron chi connectivity index (χ0n) is 11.7. The van der Waals surface area contributed by atoms with Crippen LogP contribution in [0.1, 0.15) is 30.2 Å². The molecular weight excluding hydrogens is 240 g/mol. The van der Waals surface area contributed by atoms with E-state index in [1.807, 2.05) is 6.07 Å². The predicted octanol–water partition coefficient (Wildman–Crippen LogP) is 1.33. The van der Waals surface area contributed by atoms with Gasteiger partial charge in [-0.15, -0.1) is 0 Å². The molecule has 19 heavy (non-hydrogen) atoms. The van der Waals surface area contributed by atoms with E-state index in [2.05, 4.69) is 11.8 Å². The van der Waals surface area contributed by atoms with Crippen LogP contribution in [0, 0.1) is 5.41 Å². The molecule has 1 aliphatic carbocycles. The van der Waals surface area contributed by atoms with Crippen molar-refractivity contribution in [1.82, 2.24) is 4.98 Å². The number of likely N-dealkylation sites (N-methyl/N-ethyl adjacent to an activating group) is 1. The lowest BCUT2D eigenvalue weighted by molar-refractivity contribution is 0.205. The number of aryl methyl sites for hydroxylation is 2. The summed E-state index contributed by atoms with van der Waals surface area (Å²) in [6, 6.07) is 2.04. The monoisotopic (exact) mass is 262 g/mol. The van der Waals surface area contributed by atoms with Crippen LogP contribution in [0.3, 0.4) is 0 Å². The van der Waals surface area contributed by atoms with Crippen LogP contribution >= 0.6 is 0 Å². The molecule has 0 spiro atoms. The number of anilines is 1. The molecule has 1 aromatic heterocycles. The molecule has 0 amide bonds. The van der Waals surface area contributed by atoms with Crippen LogP contribution in [-0.2, 0) is 17.6 Å². The maximum Gasteiger partial charge on any atom is 0.139 e. The number of rotatable bonds is 6. The summed E-state index contributed by atoms with van der Waals surface area (Å²) in [6.07, 6.45) is 3.22. The minimum Gasteiger partial charge on any atom is -0.384 e. The number of nitrogens with two attached hydrogens (primary N) is 1. The molecule has 5 nitrogen and oxygen atoms in total. The molecule has 1 aliphatic rings. The van der Waals surface area contributed by atoms with E-state index < -0.39 is 0 Å². The molecule has 0 bridgehead atoms. The van der Waals surface area contributed by atoms with Gasteiger partial charge in [-0.3, -0.25) is 5.41 Å². The van der Waals surface area contributed by atoms with Gasteiger partial charge in [0.25, 0.3) is 0 Å². The van der Waals surface area contributed by atoms with E-state index in [4.69, 9.17) is 20.9 Å². The second kappa shape index (κ2) is 6.02. The van der Waals surface area contributed by atoms with Gasteiger partial charge in [0.05, 0.1) is 12.2 Å². The van der Waals surface area contributed by atoms with E-state index >= 15 is 0 Å². The summed E-state index contributed by atoms with van der Waals surface area (Å²) in [5.41, 5.74) is 8.87. The van der Waals surface area contributed by atoms with Gasteiger partial charge in [0.15, 0.2) is 0 Å². The Labute approximate surface area is 114 Å². The van der Waals surface area contributed by atoms with E-state index in [1.54, 1.807) is 7.11 Å². The normalized spacial score (nSPS) is 13.4. The molecule has 1 aromatic rings. The number of ether oxygens (including phenoxy) is 1. The fourth-order valence-electron chi connectivity index (χ4n) is 2.52. The van der Waals surface area contributed by atoms with Crippen LogP contribution in [0.4, 0.5) is 5.82 Å². The first-order chi connectivity index (χ1) is 9.17. The lowest BCUT2D eigenvalue weighted by Gasteiger charge is -2.24. The molecule has 0 saturated carbocycles. The van der Waals surface area contributed by atoms with Gasteiger partial charge in [-0.2, -0.15) is 0 Å². The van der Waals surface area contributed by atoms with Crippen molar-refractivity contribution in [2.24, 2.45) is 5.73 Å². The standard InChI is InChI=1S/C14H22N4O/c1-3-18(7-8-19-2)14-11(13(15)16)9-10-5-4-6-12(10)17-14/h9H,3-8H2,1-2H3,(H3,15,16). The Balaban J connectivity index is 2.38. The van der Waals surface area contributed by atoms with Crippen molar-refractivity contribution in [1.29, 1.82) is 5.41 Å². The van der Waals surface area contributed by atoms with Crippen LogP contribution in [0.2, 0.25) is 0 Å². The van der Waals surface area contributed by atoms with Gasteiger partial charge in [0, 0.05) is 25.9 Å². The first-order valence-electron chi connectivity index (χ1n) is 6.78. The van der Waals surface area contributed by atoms with E-state index in [9.17, 15) is 0 Å². The minimum atomic E-state index is 0.0908. The molecule has 104 valence electrons. The molecule has 0 atom stereocenters. The third-order valence-electron chi connectivity index (χ3n) is 3.57. The molecule has 1 heterocycles. The number of fused-ring (bicyclic) bond motifs is 1. The van der Waals surface area contributed by atoms with Crippen molar-refractivity contribution in [3.63, 3.8) is 0 Å². The first kappa shape index (κ1) is 13.8. The molecule has 0 aromatic carbocycles. The predicted molar refractivity (Wildman–Crippen MR) is 77.0 cm³/mol. The molecule has 0 aliphatic heterocycles. The maximum absolute atomic E-state index is 7.76. The molecule has 0 fully saturated rings. The number of nitrogens with zero attached hydrogens (tertiary/aromatic N) is 2. The third-order valence-corrected chi connectivity index (χ3v) is 3.57. The Morgan fingerprint density at radius 1 is 1.53 bits per heavy atom. The maximum atomic E-state index is 7.76. The summed E-state index contributed by atoms with van der Waals surface area (Å²) < 4.78 is 5.13. The Hall–Kier alpha value is -1.62. The summed E-state index contributed by atoms with van der Waals surface area (Å²) in [6.45, 7) is 4.31. The smallest absolute Gasteiger partial charge is 0.139 e. The highest BCUT2D eigenvalue weighted by atomic mass is 16.5. The van der Waals surface area contributed by atoms with Crippen LogP contribution in [-0.4, -0.2) is 37.6 Å². The van der Waals surface area contributed by atoms with Gasteiger partial charge in [-0.25, -0.2) is 4.98 Å². The SMILES string of the molecule is CCN(CCOC)c1nc2c(cc1C(=N)N)CCC2. The second-order valence-electron chi connectivity index (χ2n) is 4.81. The number of nitrogen functional groups attached to an aromatic ring is 1. The number of hydrogen-bond acceptors (Lipinski definition) is 4. The van der Waals surface area contributed by atoms with Crippen molar-refractivity contribution < 1.29 is 4.74 Å². The quantitative estimate of drug-likeness (QED) is 0.599. The van der Waals surface area contributed by atoms with Crippen molar-refractivity contribution in [3.05, 3.63) is 22.9 Å². The summed E-state index contributed by atoms with van der Waals surface area (Å²) in [5, 5.41) is 7.76. The number of amidine groups is 1. The number of methoxy groups -OCH3 is 1. The number of hydrogen-bond donors (Lipinski definition) is 2.